The van der Waals surface area contributed by atoms with Crippen LogP contribution in [0.3, 0.4) is 0 Å². The molecule has 4 heteroatoms. The van der Waals surface area contributed by atoms with E-state index < -0.39 is 0 Å². The Kier molecular flexibility index (Phi) is 3.97. The van der Waals surface area contributed by atoms with E-state index in [0.29, 0.717) is 0 Å². The highest BCUT2D eigenvalue weighted by atomic mass is 16.2. The summed E-state index contributed by atoms with van der Waals surface area (Å²) in [5.74, 6) is 0.0199. The van der Waals surface area contributed by atoms with Gasteiger partial charge in [0.1, 0.15) is 6.04 Å². The molecule has 2 unspecified atom stereocenters. The molecule has 1 aliphatic heterocycles. The van der Waals surface area contributed by atoms with Gasteiger partial charge >= 0.3 is 0 Å². The van der Waals surface area contributed by atoms with Gasteiger partial charge in [-0.25, -0.2) is 0 Å². The standard InChI is InChI=1S/C17H19N3O/c1-12(13-6-9-18-10-7-13)20-17(21)16-15-5-3-2-4-14(15)8-11-19-16/h2-7,9-10,12,16,19H,8,11H2,1H3,(H,20,21). The molecule has 2 atom stereocenters. The molecule has 1 aliphatic rings. The number of nitrogens with zero attached hydrogens (tertiary/aromatic N) is 1. The summed E-state index contributed by atoms with van der Waals surface area (Å²) in [5, 5.41) is 6.39. The number of nitrogens with one attached hydrogen (secondary N) is 2. The molecule has 0 fully saturated rings. The van der Waals surface area contributed by atoms with Crippen LogP contribution in [-0.4, -0.2) is 17.4 Å². The van der Waals surface area contributed by atoms with E-state index in [-0.39, 0.29) is 18.0 Å². The van der Waals surface area contributed by atoms with Crippen LogP contribution in [0.25, 0.3) is 0 Å². The largest absolute Gasteiger partial charge is 0.348 e. The highest BCUT2D eigenvalue weighted by Crippen LogP contribution is 2.23. The van der Waals surface area contributed by atoms with Gasteiger partial charge in [-0.05, 0) is 42.2 Å². The molecule has 2 N–H and O–H groups in total. The quantitative estimate of drug-likeness (QED) is 0.906. The molecule has 1 aromatic heterocycles. The summed E-state index contributed by atoms with van der Waals surface area (Å²) in [4.78, 5) is 16.6. The second-order valence-corrected chi connectivity index (χ2v) is 5.35. The lowest BCUT2D eigenvalue weighted by Crippen LogP contribution is -2.42. The molecule has 0 bridgehead atoms. The first-order chi connectivity index (χ1) is 10.3. The third-order valence-corrected chi connectivity index (χ3v) is 3.94. The molecule has 2 aromatic rings. The van der Waals surface area contributed by atoms with Crippen LogP contribution in [0.1, 0.15) is 35.7 Å². The van der Waals surface area contributed by atoms with Gasteiger partial charge in [0.15, 0.2) is 0 Å². The number of fused-ring (bicyclic) bond motifs is 1. The molecule has 0 spiro atoms. The number of hydrogen-bond acceptors (Lipinski definition) is 3. The zero-order chi connectivity index (χ0) is 14.7. The van der Waals surface area contributed by atoms with Gasteiger partial charge in [-0.2, -0.15) is 0 Å². The van der Waals surface area contributed by atoms with Crippen molar-refractivity contribution in [1.29, 1.82) is 0 Å². The minimum atomic E-state index is -0.265. The van der Waals surface area contributed by atoms with E-state index in [1.165, 1.54) is 5.56 Å². The topological polar surface area (TPSA) is 54.0 Å². The Labute approximate surface area is 124 Å². The van der Waals surface area contributed by atoms with Crippen LogP contribution in [0.5, 0.6) is 0 Å². The van der Waals surface area contributed by atoms with E-state index in [1.54, 1.807) is 12.4 Å². The highest BCUT2D eigenvalue weighted by Gasteiger charge is 2.26. The van der Waals surface area contributed by atoms with Crippen LogP contribution in [0.4, 0.5) is 0 Å². The van der Waals surface area contributed by atoms with Crippen LogP contribution < -0.4 is 10.6 Å². The van der Waals surface area contributed by atoms with Crippen molar-refractivity contribution in [1.82, 2.24) is 15.6 Å². The molecule has 3 rings (SSSR count). The highest BCUT2D eigenvalue weighted by molar-refractivity contribution is 5.84. The fraction of sp³-hybridized carbons (Fsp3) is 0.294. The third kappa shape index (κ3) is 2.95. The summed E-state index contributed by atoms with van der Waals surface area (Å²) in [6.45, 7) is 2.82. The fourth-order valence-corrected chi connectivity index (χ4v) is 2.77. The number of hydrogen-bond donors (Lipinski definition) is 2. The van der Waals surface area contributed by atoms with Gasteiger partial charge in [0.2, 0.25) is 5.91 Å². The van der Waals surface area contributed by atoms with Gasteiger partial charge in [-0.15, -0.1) is 0 Å². The molecule has 1 amide bonds. The smallest absolute Gasteiger partial charge is 0.242 e. The van der Waals surface area contributed by atoms with Crippen LogP contribution >= 0.6 is 0 Å². The molecule has 0 saturated carbocycles. The average Bonchev–Trinajstić information content (AvgIpc) is 2.55. The predicted molar refractivity (Wildman–Crippen MR) is 81.7 cm³/mol. The summed E-state index contributed by atoms with van der Waals surface area (Å²) in [6.07, 6.45) is 4.46. The minimum Gasteiger partial charge on any atom is -0.348 e. The molecule has 21 heavy (non-hydrogen) atoms. The maximum absolute atomic E-state index is 12.6. The second kappa shape index (κ2) is 6.06. The maximum atomic E-state index is 12.6. The lowest BCUT2D eigenvalue weighted by atomic mass is 9.93. The summed E-state index contributed by atoms with van der Waals surface area (Å²) >= 11 is 0. The van der Waals surface area contributed by atoms with Crippen molar-refractivity contribution in [3.8, 4) is 0 Å². The maximum Gasteiger partial charge on any atom is 0.242 e. The van der Waals surface area contributed by atoms with Crippen molar-refractivity contribution >= 4 is 5.91 Å². The summed E-state index contributed by atoms with van der Waals surface area (Å²) < 4.78 is 0. The van der Waals surface area contributed by atoms with E-state index in [1.807, 2.05) is 37.3 Å². The van der Waals surface area contributed by atoms with Crippen LogP contribution in [0, 0.1) is 0 Å². The Bertz CT molecular complexity index is 627. The summed E-state index contributed by atoms with van der Waals surface area (Å²) in [7, 11) is 0. The van der Waals surface area contributed by atoms with E-state index in [2.05, 4.69) is 21.7 Å². The second-order valence-electron chi connectivity index (χ2n) is 5.35. The normalized spacial score (nSPS) is 18.6. The average molecular weight is 281 g/mol. The predicted octanol–water partition coefficient (Wildman–Crippen LogP) is 2.15. The van der Waals surface area contributed by atoms with Gasteiger partial charge in [0.05, 0.1) is 6.04 Å². The Morgan fingerprint density at radius 1 is 1.29 bits per heavy atom. The Morgan fingerprint density at radius 2 is 2.05 bits per heavy atom. The molecule has 4 nitrogen and oxygen atoms in total. The minimum absolute atomic E-state index is 0.0199. The van der Waals surface area contributed by atoms with Crippen molar-refractivity contribution in [2.45, 2.75) is 25.4 Å². The zero-order valence-electron chi connectivity index (χ0n) is 12.0. The zero-order valence-corrected chi connectivity index (χ0v) is 12.0. The van der Waals surface area contributed by atoms with Crippen LogP contribution in [-0.2, 0) is 11.2 Å². The Balaban J connectivity index is 1.75. The lowest BCUT2D eigenvalue weighted by Gasteiger charge is -2.27. The molecule has 0 aliphatic carbocycles. The molecule has 0 saturated heterocycles. The van der Waals surface area contributed by atoms with E-state index >= 15 is 0 Å². The molecule has 0 radical (unpaired) electrons. The number of benzene rings is 1. The van der Waals surface area contributed by atoms with Crippen LogP contribution in [0.15, 0.2) is 48.8 Å². The number of carbonyl (C=O) groups excluding carboxylic acids is 1. The van der Waals surface area contributed by atoms with E-state index in [0.717, 1.165) is 24.1 Å². The summed E-state index contributed by atoms with van der Waals surface area (Å²) in [5.41, 5.74) is 3.40. The first-order valence-corrected chi connectivity index (χ1v) is 7.27. The Hall–Kier alpha value is -2.20. The molecule has 108 valence electrons. The first-order valence-electron chi connectivity index (χ1n) is 7.27. The van der Waals surface area contributed by atoms with Crippen LogP contribution in [0.2, 0.25) is 0 Å². The number of aromatic nitrogens is 1. The van der Waals surface area contributed by atoms with Gasteiger partial charge in [0.25, 0.3) is 0 Å². The van der Waals surface area contributed by atoms with Crippen molar-refractivity contribution < 1.29 is 4.79 Å². The molecular weight excluding hydrogens is 262 g/mol. The lowest BCUT2D eigenvalue weighted by molar-refractivity contribution is -0.124. The number of carbonyl (C=O) groups is 1. The Morgan fingerprint density at radius 3 is 2.86 bits per heavy atom. The number of rotatable bonds is 3. The van der Waals surface area contributed by atoms with Crippen molar-refractivity contribution in [3.63, 3.8) is 0 Å². The first kappa shape index (κ1) is 13.8. The number of amides is 1. The SMILES string of the molecule is CC(NC(=O)C1NCCc2ccccc21)c1ccncc1. The van der Waals surface area contributed by atoms with Gasteiger partial charge < -0.3 is 10.6 Å². The molecule has 2 heterocycles. The monoisotopic (exact) mass is 281 g/mol. The molecular formula is C17H19N3O. The fourth-order valence-electron chi connectivity index (χ4n) is 2.77. The third-order valence-electron chi connectivity index (χ3n) is 3.94. The number of pyridine rings is 1. The molecule has 1 aromatic carbocycles. The van der Waals surface area contributed by atoms with Gasteiger partial charge in [-0.1, -0.05) is 24.3 Å². The van der Waals surface area contributed by atoms with E-state index in [4.69, 9.17) is 0 Å². The van der Waals surface area contributed by atoms with E-state index in [9.17, 15) is 4.79 Å². The summed E-state index contributed by atoms with van der Waals surface area (Å²) in [6, 6.07) is 11.7. The van der Waals surface area contributed by atoms with Crippen molar-refractivity contribution in [3.05, 3.63) is 65.5 Å². The van der Waals surface area contributed by atoms with Gasteiger partial charge in [0, 0.05) is 18.9 Å². The van der Waals surface area contributed by atoms with Crippen molar-refractivity contribution in [2.24, 2.45) is 0 Å². The van der Waals surface area contributed by atoms with Gasteiger partial charge in [-0.3, -0.25) is 9.78 Å². The van der Waals surface area contributed by atoms with Crippen molar-refractivity contribution in [2.75, 3.05) is 6.54 Å².